The van der Waals surface area contributed by atoms with Gasteiger partial charge in [0.05, 0.1) is 5.70 Å². The molecular formula is C66H106FN6O2U-. The number of halogens is 1. The summed E-state index contributed by atoms with van der Waals surface area (Å²) in [6, 6.07) is 14.8. The summed E-state index contributed by atoms with van der Waals surface area (Å²) in [6.07, 6.45) is 24.4. The fraction of sp³-hybridized carbons (Fsp3) is 0.591. The Kier molecular flexibility index (Phi) is 37.1. The molecular weight excluding hydrogens is 1170 g/mol. The fourth-order valence-corrected chi connectivity index (χ4v) is 9.53. The van der Waals surface area contributed by atoms with E-state index in [1.807, 2.05) is 46.0 Å². The number of carbonyl (C=O) groups is 1. The number of aliphatic imine (C=N–C) groups is 1. The molecule has 4 aliphatic rings. The van der Waals surface area contributed by atoms with Crippen LogP contribution < -0.4 is 16.0 Å². The van der Waals surface area contributed by atoms with Crippen molar-refractivity contribution in [2.75, 3.05) is 51.7 Å². The molecule has 76 heavy (non-hydrogen) atoms. The number of amides is 1. The van der Waals surface area contributed by atoms with E-state index in [4.69, 9.17) is 14.5 Å². The van der Waals surface area contributed by atoms with E-state index in [-0.39, 0.29) is 36.9 Å². The second-order valence-corrected chi connectivity index (χ2v) is 20.8. The number of benzene rings is 2. The molecule has 0 radical (unpaired) electrons. The van der Waals surface area contributed by atoms with E-state index in [0.717, 1.165) is 116 Å². The van der Waals surface area contributed by atoms with Crippen molar-refractivity contribution in [2.45, 2.75) is 198 Å². The molecule has 2 aromatic carbocycles. The molecule has 2 aromatic rings. The van der Waals surface area contributed by atoms with Gasteiger partial charge >= 0.3 is 0 Å². The molecule has 424 valence electrons. The number of nitrogens with zero attached hydrogens (tertiary/aromatic N) is 3. The maximum atomic E-state index is 15.4. The summed E-state index contributed by atoms with van der Waals surface area (Å²) in [5, 5.41) is 9.09. The number of amidine groups is 1. The van der Waals surface area contributed by atoms with Crippen molar-refractivity contribution in [3.63, 3.8) is 0 Å². The standard InChI is InChI=1S/C39H54FN5O.C19H31.C4H10.C2H5NO.C2H6.U/c1-7-8-9-13-37(29(4)39-30(5)46-21-18-41-39)45-20-17-34(28(3)26-45)24-42-31(6)43-35-15-14-33(36(40)23-35)22-38(32-11-10-12-32)44-19-16-27(2)25-44;1-6-9-16(5)18-10-12-19(13-11-18)17(8-3)14-15(4)7-2;1-3-4-2;1-3-2-4;1-2;/h9,13-15,23-24,27,41H,3,7-8,10-12,16-22,25-26H2,1-2,4-6H3,(H,42,43);10-13,15-17H,5-9,14H2,1-4H3;3-4H2,1-2H3;2H,1H3,(H,3,4);1-2H3;/q;-1;;;;/b13-9+,34-24-,37-29+;;;;;. The maximum absolute atomic E-state index is 15.4. The zero-order valence-corrected chi connectivity index (χ0v) is 54.6. The first-order valence-corrected chi connectivity index (χ1v) is 29.3. The first-order chi connectivity index (χ1) is 36.2. The van der Waals surface area contributed by atoms with E-state index in [0.29, 0.717) is 31.3 Å². The molecule has 2 saturated heterocycles. The largest absolute Gasteiger partial charge is 0.494 e. The number of likely N-dealkylation sites (tertiary alicyclic amines) is 2. The number of anilines is 1. The molecule has 0 bridgehead atoms. The second-order valence-electron chi connectivity index (χ2n) is 20.8. The van der Waals surface area contributed by atoms with Gasteiger partial charge in [-0.15, -0.1) is 5.92 Å². The van der Waals surface area contributed by atoms with Gasteiger partial charge in [0.25, 0.3) is 0 Å². The molecule has 3 fully saturated rings. The summed E-state index contributed by atoms with van der Waals surface area (Å²) in [5.41, 5.74) is 13.0. The Morgan fingerprint density at radius 3 is 2.14 bits per heavy atom. The van der Waals surface area contributed by atoms with Gasteiger partial charge in [-0.1, -0.05) is 162 Å². The van der Waals surface area contributed by atoms with E-state index in [1.165, 1.54) is 91.5 Å². The number of allylic oxidation sites excluding steroid dienone is 6. The third-order valence-electron chi connectivity index (χ3n) is 14.7. The van der Waals surface area contributed by atoms with Crippen LogP contribution in [0.3, 0.4) is 0 Å². The van der Waals surface area contributed by atoms with Crippen LogP contribution in [-0.2, 0) is 16.0 Å². The summed E-state index contributed by atoms with van der Waals surface area (Å²) in [6.45, 7) is 42.2. The molecule has 3 N–H and O–H groups in total. The van der Waals surface area contributed by atoms with Crippen molar-refractivity contribution in [1.82, 2.24) is 20.4 Å². The topological polar surface area (TPSA) is 81.2 Å². The van der Waals surface area contributed by atoms with E-state index in [1.54, 1.807) is 13.1 Å². The first kappa shape index (κ1) is 70.0. The van der Waals surface area contributed by atoms with Crippen LogP contribution in [0.25, 0.3) is 0 Å². The molecule has 4 atom stereocenters. The minimum Gasteiger partial charge on any atom is -0.494 e. The monoisotopic (exact) mass is 1270 g/mol. The molecule has 3 aliphatic heterocycles. The summed E-state index contributed by atoms with van der Waals surface area (Å²) < 4.78 is 21.2. The first-order valence-electron chi connectivity index (χ1n) is 29.3. The van der Waals surface area contributed by atoms with Crippen LogP contribution in [0.2, 0.25) is 0 Å². The van der Waals surface area contributed by atoms with Gasteiger partial charge in [0.1, 0.15) is 24.0 Å². The molecule has 0 spiro atoms. The predicted molar refractivity (Wildman–Crippen MR) is 323 cm³/mol. The Morgan fingerprint density at radius 1 is 0.961 bits per heavy atom. The van der Waals surface area contributed by atoms with E-state index >= 15 is 4.39 Å². The van der Waals surface area contributed by atoms with E-state index in [2.05, 4.69) is 138 Å². The molecule has 4 unspecified atom stereocenters. The van der Waals surface area contributed by atoms with Crippen molar-refractivity contribution in [1.29, 1.82) is 0 Å². The Balaban J connectivity index is 0.000000797. The van der Waals surface area contributed by atoms with Crippen molar-refractivity contribution in [3.8, 4) is 0 Å². The van der Waals surface area contributed by atoms with Crippen LogP contribution >= 0.6 is 0 Å². The van der Waals surface area contributed by atoms with Gasteiger partial charge < -0.3 is 37.4 Å². The number of piperidine rings is 1. The second kappa shape index (κ2) is 40.2. The fourth-order valence-electron chi connectivity index (χ4n) is 9.53. The number of rotatable bonds is 20. The quantitative estimate of drug-likeness (QED) is 0.0403. The van der Waals surface area contributed by atoms with Crippen LogP contribution in [0.4, 0.5) is 10.1 Å². The summed E-state index contributed by atoms with van der Waals surface area (Å²) in [4.78, 5) is 18.7. The molecule has 1 saturated carbocycles. The van der Waals surface area contributed by atoms with Gasteiger partial charge in [-0.25, -0.2) is 9.38 Å². The Hall–Kier alpha value is -4.00. The molecule has 1 amide bonds. The number of hydrogen-bond acceptors (Lipinski definition) is 6. The summed E-state index contributed by atoms with van der Waals surface area (Å²) >= 11 is 0. The Labute approximate surface area is 488 Å². The number of unbranched alkanes of at least 4 members (excludes halogenated alkanes) is 2. The van der Waals surface area contributed by atoms with Crippen LogP contribution in [0.1, 0.15) is 208 Å². The molecule has 1 aliphatic carbocycles. The summed E-state index contributed by atoms with van der Waals surface area (Å²) in [5.74, 6) is 4.22. The van der Waals surface area contributed by atoms with Gasteiger partial charge in [0, 0.05) is 101 Å². The van der Waals surface area contributed by atoms with Crippen molar-refractivity contribution in [3.05, 3.63) is 142 Å². The number of carbonyl (C=O) groups excluding carboxylic acids is 1. The van der Waals surface area contributed by atoms with Crippen LogP contribution in [0, 0.1) is 55.7 Å². The average Bonchev–Trinajstić information content (AvgIpc) is 3.85. The molecule has 0 aromatic heterocycles. The van der Waals surface area contributed by atoms with Crippen LogP contribution in [0.5, 0.6) is 0 Å². The van der Waals surface area contributed by atoms with Crippen LogP contribution in [-0.4, -0.2) is 68.4 Å². The maximum Gasteiger partial charge on any atom is 0.206 e. The van der Waals surface area contributed by atoms with Crippen molar-refractivity contribution < 1.29 is 45.0 Å². The molecule has 10 heteroatoms. The Morgan fingerprint density at radius 2 is 1.63 bits per heavy atom. The zero-order valence-electron chi connectivity index (χ0n) is 50.5. The minimum absolute atomic E-state index is 0. The number of ether oxygens (including phenoxy) is 1. The van der Waals surface area contributed by atoms with Crippen LogP contribution in [0.15, 0.2) is 118 Å². The van der Waals surface area contributed by atoms with Crippen molar-refractivity contribution in [2.24, 2.45) is 16.8 Å². The summed E-state index contributed by atoms with van der Waals surface area (Å²) in [7, 11) is 1.56. The third kappa shape index (κ3) is 24.3. The van der Waals surface area contributed by atoms with Gasteiger partial charge in [-0.05, 0) is 136 Å². The van der Waals surface area contributed by atoms with E-state index in [9.17, 15) is 0 Å². The normalized spacial score (nSPS) is 18.2. The SMILES string of the molecule is C=C1CN(C(/C=C/CCC)=C(\C)C2=C(C)OCCN2)CC/C1=C/N=C(C)Nc1ccc(CC(=C2CCC2)N2CCC(C)C2)c(F)c1.CC.CCCC.CNC=O.[CH2-]C(CCC)c1ccc(C(CC)CC(C)CC)cc1.[U]. The predicted octanol–water partition coefficient (Wildman–Crippen LogP) is 17.1. The number of nitrogens with one attached hydrogen (secondary N) is 3. The van der Waals surface area contributed by atoms with Gasteiger partial charge in [-0.2, -0.15) is 0 Å². The average molecular weight is 1270 g/mol. The third-order valence-corrected chi connectivity index (χ3v) is 14.7. The van der Waals surface area contributed by atoms with Gasteiger partial charge in [0.2, 0.25) is 6.41 Å². The Bertz CT molecular complexity index is 2170. The minimum atomic E-state index is -0.158. The number of hydrogen-bond donors (Lipinski definition) is 3. The molecule has 8 nitrogen and oxygen atoms in total. The van der Waals surface area contributed by atoms with Gasteiger partial charge in [0.15, 0.2) is 0 Å². The molecule has 6 rings (SSSR count). The van der Waals surface area contributed by atoms with E-state index < -0.39 is 0 Å². The van der Waals surface area contributed by atoms with Crippen molar-refractivity contribution >= 4 is 17.9 Å². The zero-order chi connectivity index (χ0) is 55.7. The smallest absolute Gasteiger partial charge is 0.206 e. The molecule has 3 heterocycles. The van der Waals surface area contributed by atoms with Gasteiger partial charge in [-0.3, -0.25) is 4.79 Å².